The van der Waals surface area contributed by atoms with Crippen LogP contribution in [-0.2, 0) is 0 Å². The van der Waals surface area contributed by atoms with Crippen molar-refractivity contribution in [2.45, 2.75) is 0 Å². The van der Waals surface area contributed by atoms with Crippen LogP contribution in [0.1, 0.15) is 10.6 Å². The molecule has 3 aromatic rings. The van der Waals surface area contributed by atoms with Crippen molar-refractivity contribution in [3.8, 4) is 23.1 Å². The van der Waals surface area contributed by atoms with Gasteiger partial charge >= 0.3 is 0 Å². The fraction of sp³-hybridized carbons (Fsp3) is 0.0526. The number of allylic oxidation sites excluding steroid dienone is 1. The molecule has 0 amide bonds. The summed E-state index contributed by atoms with van der Waals surface area (Å²) in [5.74, 6) is 0.789. The van der Waals surface area contributed by atoms with E-state index in [0.717, 1.165) is 27.0 Å². The SMILES string of the molecule is COc1ccc(/C=C(\C#N)c2nc(-c3ccc(Br)cc3)cs2)cc1. The lowest BCUT2D eigenvalue weighted by atomic mass is 10.1. The molecule has 0 aliphatic heterocycles. The Balaban J connectivity index is 1.90. The van der Waals surface area contributed by atoms with Gasteiger partial charge in [-0.3, -0.25) is 0 Å². The Morgan fingerprint density at radius 1 is 1.17 bits per heavy atom. The largest absolute Gasteiger partial charge is 0.497 e. The number of aromatic nitrogens is 1. The molecule has 118 valence electrons. The molecule has 1 heterocycles. The number of benzene rings is 2. The lowest BCUT2D eigenvalue weighted by Gasteiger charge is -2.00. The summed E-state index contributed by atoms with van der Waals surface area (Å²) in [6.45, 7) is 0. The first-order chi connectivity index (χ1) is 11.7. The molecule has 0 bridgehead atoms. The molecule has 0 fully saturated rings. The van der Waals surface area contributed by atoms with Crippen LogP contribution in [0.3, 0.4) is 0 Å². The maximum atomic E-state index is 9.48. The molecule has 2 aromatic carbocycles. The summed E-state index contributed by atoms with van der Waals surface area (Å²) < 4.78 is 6.17. The molecule has 0 saturated carbocycles. The van der Waals surface area contributed by atoms with Crippen molar-refractivity contribution in [2.75, 3.05) is 7.11 Å². The van der Waals surface area contributed by atoms with Gasteiger partial charge in [0.2, 0.25) is 0 Å². The van der Waals surface area contributed by atoms with Crippen molar-refractivity contribution in [1.82, 2.24) is 4.98 Å². The molecular weight excluding hydrogens is 384 g/mol. The summed E-state index contributed by atoms with van der Waals surface area (Å²) in [4.78, 5) is 4.60. The average molecular weight is 397 g/mol. The molecule has 0 N–H and O–H groups in total. The van der Waals surface area contributed by atoms with E-state index in [1.54, 1.807) is 7.11 Å². The molecule has 0 aliphatic carbocycles. The number of halogens is 1. The highest BCUT2D eigenvalue weighted by molar-refractivity contribution is 9.10. The number of hydrogen-bond donors (Lipinski definition) is 0. The normalized spacial score (nSPS) is 11.1. The second-order valence-electron chi connectivity index (χ2n) is 4.99. The predicted octanol–water partition coefficient (Wildman–Crippen LogP) is 5.65. The molecule has 0 saturated heterocycles. The number of methoxy groups -OCH3 is 1. The highest BCUT2D eigenvalue weighted by Crippen LogP contribution is 2.28. The van der Waals surface area contributed by atoms with Crippen LogP contribution in [0.15, 0.2) is 58.4 Å². The lowest BCUT2D eigenvalue weighted by molar-refractivity contribution is 0.415. The Kier molecular flexibility index (Phi) is 5.09. The van der Waals surface area contributed by atoms with Gasteiger partial charge in [-0.15, -0.1) is 11.3 Å². The summed E-state index contributed by atoms with van der Waals surface area (Å²) in [5, 5.41) is 12.2. The van der Waals surface area contributed by atoms with Gasteiger partial charge in [0.05, 0.1) is 18.4 Å². The van der Waals surface area contributed by atoms with Crippen LogP contribution in [0.25, 0.3) is 22.9 Å². The van der Waals surface area contributed by atoms with Gasteiger partial charge in [0.15, 0.2) is 0 Å². The molecule has 0 aliphatic rings. The molecule has 3 rings (SSSR count). The average Bonchev–Trinajstić information content (AvgIpc) is 3.10. The second-order valence-corrected chi connectivity index (χ2v) is 6.76. The third-order valence-corrected chi connectivity index (χ3v) is 4.83. The third-order valence-electron chi connectivity index (χ3n) is 3.42. The van der Waals surface area contributed by atoms with Crippen LogP contribution in [0, 0.1) is 11.3 Å². The van der Waals surface area contributed by atoms with Crippen molar-refractivity contribution < 1.29 is 4.74 Å². The van der Waals surface area contributed by atoms with Gasteiger partial charge in [0.1, 0.15) is 16.8 Å². The molecule has 0 radical (unpaired) electrons. The Bertz CT molecular complexity index is 906. The Morgan fingerprint density at radius 2 is 1.88 bits per heavy atom. The fourth-order valence-corrected chi connectivity index (χ4v) is 3.22. The van der Waals surface area contributed by atoms with Crippen LogP contribution >= 0.6 is 27.3 Å². The maximum Gasteiger partial charge on any atom is 0.134 e. The third kappa shape index (κ3) is 3.73. The number of ether oxygens (including phenoxy) is 1. The van der Waals surface area contributed by atoms with Crippen molar-refractivity contribution in [3.05, 3.63) is 69.0 Å². The standard InChI is InChI=1S/C19H13BrN2OS/c1-23-17-8-2-13(3-9-17)10-15(11-21)19-22-18(12-24-19)14-4-6-16(20)7-5-14/h2-10,12H,1H3/b15-10+. The molecule has 0 unspecified atom stereocenters. The topological polar surface area (TPSA) is 45.9 Å². The molecule has 24 heavy (non-hydrogen) atoms. The second kappa shape index (κ2) is 7.43. The number of nitrogens with zero attached hydrogens (tertiary/aromatic N) is 2. The van der Waals surface area contributed by atoms with Crippen molar-refractivity contribution in [1.29, 1.82) is 5.26 Å². The summed E-state index contributed by atoms with van der Waals surface area (Å²) >= 11 is 4.90. The minimum atomic E-state index is 0.550. The van der Waals surface area contributed by atoms with E-state index >= 15 is 0 Å². The zero-order valence-electron chi connectivity index (χ0n) is 12.9. The first-order valence-electron chi connectivity index (χ1n) is 7.17. The van der Waals surface area contributed by atoms with E-state index < -0.39 is 0 Å². The van der Waals surface area contributed by atoms with Crippen molar-refractivity contribution >= 4 is 38.9 Å². The van der Waals surface area contributed by atoms with E-state index in [4.69, 9.17) is 4.74 Å². The summed E-state index contributed by atoms with van der Waals surface area (Å²) in [6.07, 6.45) is 1.84. The summed E-state index contributed by atoms with van der Waals surface area (Å²) in [5.41, 5.74) is 3.39. The van der Waals surface area contributed by atoms with Crippen LogP contribution in [0.5, 0.6) is 5.75 Å². The Labute approximate surface area is 153 Å². The Hall–Kier alpha value is -2.42. The van der Waals surface area contributed by atoms with E-state index in [1.165, 1.54) is 11.3 Å². The van der Waals surface area contributed by atoms with Gasteiger partial charge in [-0.25, -0.2) is 4.98 Å². The fourth-order valence-electron chi connectivity index (χ4n) is 2.16. The maximum absolute atomic E-state index is 9.48. The Morgan fingerprint density at radius 3 is 2.50 bits per heavy atom. The van der Waals surface area contributed by atoms with Crippen LogP contribution in [-0.4, -0.2) is 12.1 Å². The molecule has 0 atom stereocenters. The van der Waals surface area contributed by atoms with Crippen LogP contribution in [0.2, 0.25) is 0 Å². The van der Waals surface area contributed by atoms with Crippen LogP contribution < -0.4 is 4.74 Å². The number of nitriles is 1. The van der Waals surface area contributed by atoms with Crippen LogP contribution in [0.4, 0.5) is 0 Å². The van der Waals surface area contributed by atoms with E-state index in [-0.39, 0.29) is 0 Å². The van der Waals surface area contributed by atoms with Crippen molar-refractivity contribution in [3.63, 3.8) is 0 Å². The van der Waals surface area contributed by atoms with E-state index in [0.29, 0.717) is 10.6 Å². The highest BCUT2D eigenvalue weighted by atomic mass is 79.9. The zero-order chi connectivity index (χ0) is 16.9. The first-order valence-corrected chi connectivity index (χ1v) is 8.84. The minimum absolute atomic E-state index is 0.550. The molecule has 5 heteroatoms. The molecule has 3 nitrogen and oxygen atoms in total. The monoisotopic (exact) mass is 396 g/mol. The smallest absolute Gasteiger partial charge is 0.134 e. The number of hydrogen-bond acceptors (Lipinski definition) is 4. The number of thiazole rings is 1. The molecular formula is C19H13BrN2OS. The first kappa shape index (κ1) is 16.4. The molecule has 1 aromatic heterocycles. The lowest BCUT2D eigenvalue weighted by Crippen LogP contribution is -1.84. The van der Waals surface area contributed by atoms with Crippen molar-refractivity contribution in [2.24, 2.45) is 0 Å². The number of rotatable bonds is 4. The van der Waals surface area contributed by atoms with Gasteiger partial charge < -0.3 is 4.74 Å². The minimum Gasteiger partial charge on any atom is -0.497 e. The van der Waals surface area contributed by atoms with E-state index in [2.05, 4.69) is 27.0 Å². The quantitative estimate of drug-likeness (QED) is 0.535. The van der Waals surface area contributed by atoms with Gasteiger partial charge in [-0.2, -0.15) is 5.26 Å². The molecule has 0 spiro atoms. The summed E-state index contributed by atoms with van der Waals surface area (Å²) in [6, 6.07) is 17.8. The highest BCUT2D eigenvalue weighted by Gasteiger charge is 2.09. The van der Waals surface area contributed by atoms with E-state index in [1.807, 2.05) is 60.0 Å². The van der Waals surface area contributed by atoms with Gasteiger partial charge in [0, 0.05) is 15.4 Å². The summed E-state index contributed by atoms with van der Waals surface area (Å²) in [7, 11) is 1.63. The zero-order valence-corrected chi connectivity index (χ0v) is 15.3. The van der Waals surface area contributed by atoms with Gasteiger partial charge in [-0.05, 0) is 35.9 Å². The van der Waals surface area contributed by atoms with Gasteiger partial charge in [-0.1, -0.05) is 40.2 Å². The predicted molar refractivity (Wildman–Crippen MR) is 102 cm³/mol. The van der Waals surface area contributed by atoms with Gasteiger partial charge in [0.25, 0.3) is 0 Å². The van der Waals surface area contributed by atoms with E-state index in [9.17, 15) is 5.26 Å².